The minimum atomic E-state index is -0.588. The van der Waals surface area contributed by atoms with E-state index in [1.54, 1.807) is 15.9 Å². The van der Waals surface area contributed by atoms with Crippen molar-refractivity contribution >= 4 is 23.2 Å². The van der Waals surface area contributed by atoms with Gasteiger partial charge in [0.2, 0.25) is 5.43 Å². The molecule has 0 bridgehead atoms. The van der Waals surface area contributed by atoms with Crippen LogP contribution in [-0.2, 0) is 13.0 Å². The molecule has 0 spiro atoms. The fraction of sp³-hybridized carbons (Fsp3) is 0.174. The van der Waals surface area contributed by atoms with Crippen LogP contribution >= 0.6 is 11.3 Å². The average molecular weight is 422 g/mol. The summed E-state index contributed by atoms with van der Waals surface area (Å²) in [5.41, 5.74) is 0.277. The molecule has 0 unspecified atom stereocenters. The van der Waals surface area contributed by atoms with Crippen molar-refractivity contribution in [1.82, 2.24) is 15.2 Å². The molecule has 0 aliphatic heterocycles. The van der Waals surface area contributed by atoms with Crippen molar-refractivity contribution in [3.8, 4) is 0 Å². The highest BCUT2D eigenvalue weighted by molar-refractivity contribution is 7.09. The number of carbonyl (C=O) groups excluding carboxylic acids is 2. The lowest BCUT2D eigenvalue weighted by Crippen LogP contribution is -2.36. The predicted molar refractivity (Wildman–Crippen MR) is 119 cm³/mol. The molecule has 0 aliphatic rings. The van der Waals surface area contributed by atoms with Gasteiger partial charge in [0.15, 0.2) is 0 Å². The van der Waals surface area contributed by atoms with Gasteiger partial charge in [0.25, 0.3) is 11.8 Å². The molecule has 6 nitrogen and oxygen atoms in total. The fourth-order valence-electron chi connectivity index (χ4n) is 2.95. The summed E-state index contributed by atoms with van der Waals surface area (Å²) < 4.78 is 1.69. The molecule has 0 fully saturated rings. The Morgan fingerprint density at radius 3 is 2.33 bits per heavy atom. The molecule has 2 N–H and O–H groups in total. The maximum atomic E-state index is 12.9. The van der Waals surface area contributed by atoms with E-state index in [4.69, 9.17) is 0 Å². The van der Waals surface area contributed by atoms with Crippen LogP contribution in [0.25, 0.3) is 0 Å². The van der Waals surface area contributed by atoms with Crippen LogP contribution in [0, 0.1) is 0 Å². The number of nitrogens with one attached hydrogen (secondary N) is 2. The summed E-state index contributed by atoms with van der Waals surface area (Å²) in [6.07, 6.45) is 5.19. The van der Waals surface area contributed by atoms with Crippen LogP contribution in [0.5, 0.6) is 0 Å². The summed E-state index contributed by atoms with van der Waals surface area (Å²) in [5.74, 6) is -1.02. The third kappa shape index (κ3) is 5.55. The quantitative estimate of drug-likeness (QED) is 0.522. The lowest BCUT2D eigenvalue weighted by molar-refractivity contribution is 0.0952. The van der Waals surface area contributed by atoms with Crippen molar-refractivity contribution < 1.29 is 9.59 Å². The highest BCUT2D eigenvalue weighted by Crippen LogP contribution is 2.09. The third-order valence-corrected chi connectivity index (χ3v) is 5.36. The third-order valence-electron chi connectivity index (χ3n) is 4.42. The Bertz CT molecular complexity index is 1070. The first kappa shape index (κ1) is 21.3. The van der Waals surface area contributed by atoms with Crippen molar-refractivity contribution in [2.24, 2.45) is 0 Å². The van der Waals surface area contributed by atoms with Gasteiger partial charge in [0, 0.05) is 36.9 Å². The van der Waals surface area contributed by atoms with Crippen LogP contribution in [0.2, 0.25) is 0 Å². The summed E-state index contributed by atoms with van der Waals surface area (Å²) in [5, 5.41) is 7.37. The van der Waals surface area contributed by atoms with Crippen molar-refractivity contribution in [2.45, 2.75) is 13.0 Å². The van der Waals surface area contributed by atoms with E-state index in [9.17, 15) is 14.4 Å². The molecule has 3 aromatic rings. The largest absolute Gasteiger partial charge is 0.352 e. The Morgan fingerprint density at radius 1 is 1.00 bits per heavy atom. The molecule has 1 aromatic carbocycles. The first-order valence-electron chi connectivity index (χ1n) is 9.56. The second-order valence-electron chi connectivity index (χ2n) is 6.66. The van der Waals surface area contributed by atoms with Gasteiger partial charge in [0.1, 0.15) is 11.1 Å². The van der Waals surface area contributed by atoms with Crippen LogP contribution in [0.1, 0.15) is 31.2 Å². The normalized spacial score (nSPS) is 10.4. The number of rotatable bonds is 9. The van der Waals surface area contributed by atoms with E-state index in [0.29, 0.717) is 19.5 Å². The molecule has 30 heavy (non-hydrogen) atoms. The molecule has 7 heteroatoms. The summed E-state index contributed by atoms with van der Waals surface area (Å²) >= 11 is 1.61. The number of carbonyl (C=O) groups is 2. The van der Waals surface area contributed by atoms with Crippen LogP contribution in [0.15, 0.2) is 77.7 Å². The van der Waals surface area contributed by atoms with Crippen LogP contribution < -0.4 is 16.1 Å². The SMILES string of the molecule is C=CCNC(=O)c1cn(Cc2ccccc2)cc(C(=O)NCCc2cccs2)c1=O. The highest BCUT2D eigenvalue weighted by Gasteiger charge is 2.19. The molecule has 2 aromatic heterocycles. The molecular formula is C23H23N3O3S. The summed E-state index contributed by atoms with van der Waals surface area (Å²) in [6.45, 7) is 4.63. The zero-order chi connectivity index (χ0) is 21.3. The fourth-order valence-corrected chi connectivity index (χ4v) is 3.66. The zero-order valence-corrected chi connectivity index (χ0v) is 17.3. The molecule has 2 amide bonds. The highest BCUT2D eigenvalue weighted by atomic mass is 32.1. The average Bonchev–Trinajstić information content (AvgIpc) is 3.27. The molecule has 0 aliphatic carbocycles. The van der Waals surface area contributed by atoms with Gasteiger partial charge in [-0.15, -0.1) is 17.9 Å². The van der Waals surface area contributed by atoms with E-state index in [2.05, 4.69) is 17.2 Å². The molecular weight excluding hydrogens is 398 g/mol. The van der Waals surface area contributed by atoms with E-state index < -0.39 is 17.2 Å². The van der Waals surface area contributed by atoms with Crippen molar-refractivity contribution in [3.05, 3.63) is 105 Å². The van der Waals surface area contributed by atoms with Gasteiger partial charge in [-0.2, -0.15) is 0 Å². The first-order chi connectivity index (χ1) is 14.6. The van der Waals surface area contributed by atoms with Gasteiger partial charge in [-0.25, -0.2) is 0 Å². The summed E-state index contributed by atoms with van der Waals surface area (Å²) in [7, 11) is 0. The number of aromatic nitrogens is 1. The maximum Gasteiger partial charge on any atom is 0.257 e. The molecule has 0 saturated heterocycles. The second-order valence-corrected chi connectivity index (χ2v) is 7.69. The van der Waals surface area contributed by atoms with E-state index in [0.717, 1.165) is 10.4 Å². The zero-order valence-electron chi connectivity index (χ0n) is 16.5. The van der Waals surface area contributed by atoms with Gasteiger partial charge in [-0.05, 0) is 23.4 Å². The number of amides is 2. The number of hydrogen-bond donors (Lipinski definition) is 2. The minimum absolute atomic E-state index is 0.0524. The minimum Gasteiger partial charge on any atom is -0.352 e. The maximum absolute atomic E-state index is 12.9. The standard InChI is InChI=1S/C23H23N3O3S/c1-2-11-24-22(28)19-15-26(14-17-7-4-3-5-8-17)16-20(21(19)27)23(29)25-12-10-18-9-6-13-30-18/h2-9,13,15-16H,1,10-12,14H2,(H,24,28)(H,25,29). The van der Waals surface area contributed by atoms with E-state index >= 15 is 0 Å². The van der Waals surface area contributed by atoms with E-state index in [1.165, 1.54) is 18.5 Å². The molecule has 154 valence electrons. The molecule has 3 rings (SSSR count). The van der Waals surface area contributed by atoms with Gasteiger partial charge in [-0.3, -0.25) is 14.4 Å². The topological polar surface area (TPSA) is 80.2 Å². The molecule has 2 heterocycles. The number of nitrogens with zero attached hydrogens (tertiary/aromatic N) is 1. The molecule has 0 radical (unpaired) electrons. The smallest absolute Gasteiger partial charge is 0.257 e. The van der Waals surface area contributed by atoms with Gasteiger partial charge in [-0.1, -0.05) is 42.5 Å². The second kappa shape index (κ2) is 10.4. The van der Waals surface area contributed by atoms with Gasteiger partial charge in [0.05, 0.1) is 0 Å². The van der Waals surface area contributed by atoms with Crippen LogP contribution in [-0.4, -0.2) is 29.5 Å². The van der Waals surface area contributed by atoms with Crippen molar-refractivity contribution in [2.75, 3.05) is 13.1 Å². The van der Waals surface area contributed by atoms with Gasteiger partial charge < -0.3 is 15.2 Å². The van der Waals surface area contributed by atoms with Crippen molar-refractivity contribution in [3.63, 3.8) is 0 Å². The Balaban J connectivity index is 1.86. The summed E-state index contributed by atoms with van der Waals surface area (Å²) in [6, 6.07) is 13.6. The molecule has 0 saturated carbocycles. The van der Waals surface area contributed by atoms with Crippen LogP contribution in [0.3, 0.4) is 0 Å². The van der Waals surface area contributed by atoms with Crippen molar-refractivity contribution in [1.29, 1.82) is 0 Å². The Hall–Kier alpha value is -3.45. The molecule has 0 atom stereocenters. The van der Waals surface area contributed by atoms with E-state index in [-0.39, 0.29) is 17.7 Å². The van der Waals surface area contributed by atoms with Gasteiger partial charge >= 0.3 is 0 Å². The number of benzene rings is 1. The lowest BCUT2D eigenvalue weighted by atomic mass is 10.1. The lowest BCUT2D eigenvalue weighted by Gasteiger charge is -2.12. The monoisotopic (exact) mass is 421 g/mol. The van der Waals surface area contributed by atoms with E-state index in [1.807, 2.05) is 47.8 Å². The number of thiophene rings is 1. The number of pyridine rings is 1. The summed E-state index contributed by atoms with van der Waals surface area (Å²) in [4.78, 5) is 39.2. The van der Waals surface area contributed by atoms with Crippen LogP contribution in [0.4, 0.5) is 0 Å². The Morgan fingerprint density at radius 2 is 1.70 bits per heavy atom. The Kier molecular flexibility index (Phi) is 7.34. The Labute approximate surface area is 178 Å². The number of hydrogen-bond acceptors (Lipinski definition) is 4. The predicted octanol–water partition coefficient (Wildman–Crippen LogP) is 2.85. The first-order valence-corrected chi connectivity index (χ1v) is 10.4.